The number of carbonyl (C=O) groups excluding carboxylic acids is 3. The summed E-state index contributed by atoms with van der Waals surface area (Å²) >= 11 is 0. The lowest BCUT2D eigenvalue weighted by Gasteiger charge is -2.71. The van der Waals surface area contributed by atoms with Gasteiger partial charge in [0, 0.05) is 24.7 Å². The van der Waals surface area contributed by atoms with Crippen molar-refractivity contribution >= 4 is 17.9 Å². The monoisotopic (exact) mass is 662 g/mol. The Morgan fingerprint density at radius 1 is 0.896 bits per heavy atom. The third-order valence-corrected chi connectivity index (χ3v) is 14.9. The van der Waals surface area contributed by atoms with Crippen molar-refractivity contribution < 1.29 is 33.3 Å². The van der Waals surface area contributed by atoms with Crippen LogP contribution in [0.1, 0.15) is 106 Å². The van der Waals surface area contributed by atoms with Crippen LogP contribution in [0.5, 0.6) is 0 Å². The second-order valence-electron chi connectivity index (χ2n) is 17.5. The van der Waals surface area contributed by atoms with Crippen molar-refractivity contribution in [3.8, 4) is 0 Å². The Balaban J connectivity index is 1.42. The van der Waals surface area contributed by atoms with Crippen LogP contribution in [-0.4, -0.2) is 43.3 Å². The zero-order valence-corrected chi connectivity index (χ0v) is 30.7. The Hall–Kier alpha value is -2.67. The Morgan fingerprint density at radius 3 is 2.23 bits per heavy atom. The molecule has 1 aromatic rings. The fourth-order valence-electron chi connectivity index (χ4n) is 12.1. The molecule has 1 unspecified atom stereocenters. The highest BCUT2D eigenvalue weighted by Gasteiger charge is 2.72. The summed E-state index contributed by atoms with van der Waals surface area (Å²) in [4.78, 5) is 39.4. The van der Waals surface area contributed by atoms with Gasteiger partial charge in [-0.2, -0.15) is 0 Å². The first-order valence-electron chi connectivity index (χ1n) is 18.4. The normalized spacial score (nSPS) is 42.3. The molecule has 1 heterocycles. The van der Waals surface area contributed by atoms with Crippen LogP contribution >= 0.6 is 0 Å². The molecule has 0 aromatic heterocycles. The number of carbonyl (C=O) groups is 3. The predicted molar refractivity (Wildman–Crippen MR) is 183 cm³/mol. The van der Waals surface area contributed by atoms with Crippen molar-refractivity contribution in [2.75, 3.05) is 13.2 Å². The minimum absolute atomic E-state index is 0.0728. The number of allylic oxidation sites excluding steroid dienone is 1. The summed E-state index contributed by atoms with van der Waals surface area (Å²) in [7, 11) is 0. The van der Waals surface area contributed by atoms with E-state index in [9.17, 15) is 14.4 Å². The molecule has 7 nitrogen and oxygen atoms in total. The second-order valence-corrected chi connectivity index (χ2v) is 17.5. The van der Waals surface area contributed by atoms with Crippen LogP contribution in [-0.2, 0) is 39.9 Å². The van der Waals surface area contributed by atoms with Gasteiger partial charge in [0.15, 0.2) is 0 Å². The van der Waals surface area contributed by atoms with Gasteiger partial charge in [-0.15, -0.1) is 0 Å². The molecule has 11 atom stereocenters. The molecule has 0 radical (unpaired) electrons. The number of benzene rings is 1. The molecule has 4 fully saturated rings. The number of fused-ring (bicyclic) bond motifs is 3. The van der Waals surface area contributed by atoms with Crippen molar-refractivity contribution in [1.82, 2.24) is 0 Å². The van der Waals surface area contributed by atoms with Crippen molar-refractivity contribution in [2.45, 2.75) is 120 Å². The van der Waals surface area contributed by atoms with E-state index in [2.05, 4.69) is 54.5 Å². The van der Waals surface area contributed by atoms with Crippen molar-refractivity contribution in [2.24, 2.45) is 56.7 Å². The van der Waals surface area contributed by atoms with Gasteiger partial charge in [0.25, 0.3) is 0 Å². The van der Waals surface area contributed by atoms with E-state index in [0.29, 0.717) is 31.5 Å². The first-order valence-corrected chi connectivity index (χ1v) is 18.4. The molecule has 4 aliphatic carbocycles. The fraction of sp³-hybridized carbons (Fsp3) is 0.732. The van der Waals surface area contributed by atoms with E-state index in [1.54, 1.807) is 0 Å². The molecule has 1 aliphatic heterocycles. The molecule has 0 amide bonds. The zero-order chi connectivity index (χ0) is 34.9. The molecular weight excluding hydrogens is 604 g/mol. The molecule has 0 N–H and O–H groups in total. The van der Waals surface area contributed by atoms with Crippen molar-refractivity contribution in [3.63, 3.8) is 0 Å². The standard InChI is InChI=1S/C41H58O7/c1-25(2)26(3)37(6)19-20-39(8)30-15-16-33-38(7)23-45-24-41(33,21-32(47-27(4)42)35(38)48-28(5)43)31(30)17-18-40(39,9)34(37)36(44)46-22-29-13-11-10-12-14-29/h10-14,17,25-26,30,32-35H,15-16,18-24H2,1-9H3/t26-,30+,32-,33+,34-,35?,37-,38+,39-,40+,41+/m1/s1. The first kappa shape index (κ1) is 35.2. The topological polar surface area (TPSA) is 88.1 Å². The smallest absolute Gasteiger partial charge is 0.310 e. The van der Waals surface area contributed by atoms with Gasteiger partial charge in [-0.3, -0.25) is 14.4 Å². The molecule has 264 valence electrons. The Bertz CT molecular complexity index is 1450. The Labute approximate surface area is 287 Å². The molecule has 5 aliphatic rings. The summed E-state index contributed by atoms with van der Waals surface area (Å²) in [6, 6.07) is 9.99. The van der Waals surface area contributed by atoms with Gasteiger partial charge >= 0.3 is 17.9 Å². The van der Waals surface area contributed by atoms with E-state index in [1.807, 2.05) is 30.3 Å². The average molecular weight is 663 g/mol. The van der Waals surface area contributed by atoms with Crippen LogP contribution in [0.4, 0.5) is 0 Å². The van der Waals surface area contributed by atoms with Crippen molar-refractivity contribution in [3.05, 3.63) is 47.5 Å². The van der Waals surface area contributed by atoms with Crippen LogP contribution in [0.15, 0.2) is 42.0 Å². The maximum absolute atomic E-state index is 14.6. The lowest BCUT2D eigenvalue weighted by Crippen LogP contribution is -2.70. The molecule has 1 saturated heterocycles. The minimum atomic E-state index is -0.560. The van der Waals surface area contributed by atoms with Crippen LogP contribution in [0.3, 0.4) is 0 Å². The van der Waals surface area contributed by atoms with Crippen LogP contribution < -0.4 is 0 Å². The lowest BCUT2D eigenvalue weighted by atomic mass is 9.34. The maximum atomic E-state index is 14.6. The summed E-state index contributed by atoms with van der Waals surface area (Å²) < 4.78 is 24.8. The first-order chi connectivity index (χ1) is 22.5. The van der Waals surface area contributed by atoms with Crippen LogP contribution in [0, 0.1) is 56.7 Å². The number of hydrogen-bond donors (Lipinski definition) is 0. The summed E-state index contributed by atoms with van der Waals surface area (Å²) in [5.41, 5.74) is 0.914. The van der Waals surface area contributed by atoms with Gasteiger partial charge in [-0.25, -0.2) is 0 Å². The van der Waals surface area contributed by atoms with Gasteiger partial charge in [-0.05, 0) is 84.0 Å². The third-order valence-electron chi connectivity index (χ3n) is 14.9. The van der Waals surface area contributed by atoms with E-state index < -0.39 is 17.6 Å². The number of ether oxygens (including phenoxy) is 4. The van der Waals surface area contributed by atoms with Gasteiger partial charge in [-0.1, -0.05) is 90.4 Å². The highest BCUT2D eigenvalue weighted by Crippen LogP contribution is 2.75. The van der Waals surface area contributed by atoms with Gasteiger partial charge in [0.2, 0.25) is 0 Å². The fourth-order valence-corrected chi connectivity index (χ4v) is 12.1. The molecule has 3 saturated carbocycles. The number of esters is 3. The second kappa shape index (κ2) is 12.3. The molecule has 1 aromatic carbocycles. The SMILES string of the molecule is CC(=O)OC1[C@H](OC(C)=O)C[C@@]23COC[C@@]1(C)[C@@H]2CC[C@H]1C3=CC[C@@]2(C)[C@H](C(=O)OCc3ccccc3)[C@@](C)([C@H](C)C(C)C)CC[C@]12C. The molecule has 0 spiro atoms. The molecular formula is C41H58O7. The summed E-state index contributed by atoms with van der Waals surface area (Å²) in [5.74, 6) is 0.186. The summed E-state index contributed by atoms with van der Waals surface area (Å²) in [5, 5.41) is 0. The molecule has 48 heavy (non-hydrogen) atoms. The quantitative estimate of drug-likeness (QED) is 0.166. The van der Waals surface area contributed by atoms with E-state index in [0.717, 1.165) is 37.7 Å². The number of rotatable bonds is 7. The van der Waals surface area contributed by atoms with Gasteiger partial charge in [0.1, 0.15) is 18.8 Å². The predicted octanol–water partition coefficient (Wildman–Crippen LogP) is 8.10. The highest BCUT2D eigenvalue weighted by molar-refractivity contribution is 5.75. The maximum Gasteiger partial charge on any atom is 0.310 e. The Kier molecular flexibility index (Phi) is 9.00. The minimum Gasteiger partial charge on any atom is -0.461 e. The van der Waals surface area contributed by atoms with E-state index in [-0.39, 0.29) is 63.9 Å². The van der Waals surface area contributed by atoms with E-state index in [1.165, 1.54) is 19.4 Å². The van der Waals surface area contributed by atoms with Gasteiger partial charge < -0.3 is 18.9 Å². The number of hydrogen-bond acceptors (Lipinski definition) is 7. The van der Waals surface area contributed by atoms with Crippen molar-refractivity contribution in [1.29, 1.82) is 0 Å². The Morgan fingerprint density at radius 2 is 1.58 bits per heavy atom. The molecule has 7 heteroatoms. The van der Waals surface area contributed by atoms with Crippen LogP contribution in [0.2, 0.25) is 0 Å². The summed E-state index contributed by atoms with van der Waals surface area (Å²) in [6.07, 6.45) is 6.69. The lowest BCUT2D eigenvalue weighted by molar-refractivity contribution is -0.262. The largest absolute Gasteiger partial charge is 0.461 e. The third kappa shape index (κ3) is 5.19. The van der Waals surface area contributed by atoms with Gasteiger partial charge in [0.05, 0.1) is 19.1 Å². The molecule has 2 bridgehead atoms. The van der Waals surface area contributed by atoms with Crippen LogP contribution in [0.25, 0.3) is 0 Å². The van der Waals surface area contributed by atoms with E-state index >= 15 is 0 Å². The van der Waals surface area contributed by atoms with E-state index in [4.69, 9.17) is 18.9 Å². The average Bonchev–Trinajstić information content (AvgIpc) is 3.02. The highest BCUT2D eigenvalue weighted by atomic mass is 16.6. The molecule has 6 rings (SSSR count). The summed E-state index contributed by atoms with van der Waals surface area (Å²) in [6.45, 7) is 20.4. The zero-order valence-electron chi connectivity index (χ0n) is 30.7.